The van der Waals surface area contributed by atoms with E-state index in [-0.39, 0.29) is 5.91 Å². The third kappa shape index (κ3) is 5.07. The molecule has 0 aliphatic carbocycles. The standard InChI is InChI=1S/C22H23N3O3/c1-3-4-14-23-22(26)17-10-8-16(9-11-17)20-12-13-21(25-24-20)28-19-7-5-6-18(15-19)27-2/h5-13,15H,3-4,14H2,1-2H3,(H,23,26). The van der Waals surface area contributed by atoms with Crippen LogP contribution in [0.25, 0.3) is 11.3 Å². The molecule has 3 rings (SSSR count). The first-order valence-corrected chi connectivity index (χ1v) is 9.24. The van der Waals surface area contributed by atoms with Crippen molar-refractivity contribution in [3.8, 4) is 28.6 Å². The number of aromatic nitrogens is 2. The maximum Gasteiger partial charge on any atom is 0.251 e. The van der Waals surface area contributed by atoms with Gasteiger partial charge in [-0.1, -0.05) is 31.5 Å². The minimum absolute atomic E-state index is 0.0619. The van der Waals surface area contributed by atoms with Gasteiger partial charge >= 0.3 is 0 Å². The highest BCUT2D eigenvalue weighted by Crippen LogP contribution is 2.25. The Bertz CT molecular complexity index is 909. The van der Waals surface area contributed by atoms with Gasteiger partial charge in [-0.2, -0.15) is 0 Å². The molecule has 3 aromatic rings. The predicted molar refractivity (Wildman–Crippen MR) is 108 cm³/mol. The third-order valence-electron chi connectivity index (χ3n) is 4.16. The lowest BCUT2D eigenvalue weighted by Crippen LogP contribution is -2.24. The van der Waals surface area contributed by atoms with Gasteiger partial charge in [0.1, 0.15) is 11.5 Å². The topological polar surface area (TPSA) is 73.3 Å². The van der Waals surface area contributed by atoms with Gasteiger partial charge in [-0.25, -0.2) is 0 Å². The number of nitrogens with one attached hydrogen (secondary N) is 1. The van der Waals surface area contributed by atoms with E-state index in [1.807, 2.05) is 36.4 Å². The number of nitrogens with zero attached hydrogens (tertiary/aromatic N) is 2. The van der Waals surface area contributed by atoms with E-state index in [0.29, 0.717) is 35.2 Å². The highest BCUT2D eigenvalue weighted by Gasteiger charge is 2.07. The smallest absolute Gasteiger partial charge is 0.251 e. The van der Waals surface area contributed by atoms with Crippen LogP contribution in [-0.4, -0.2) is 29.8 Å². The van der Waals surface area contributed by atoms with Crippen LogP contribution >= 0.6 is 0 Å². The minimum atomic E-state index is -0.0619. The van der Waals surface area contributed by atoms with Crippen LogP contribution in [0.1, 0.15) is 30.1 Å². The molecule has 0 unspecified atom stereocenters. The molecule has 2 aromatic carbocycles. The molecule has 6 nitrogen and oxygen atoms in total. The normalized spacial score (nSPS) is 10.4. The second-order valence-corrected chi connectivity index (χ2v) is 6.22. The van der Waals surface area contributed by atoms with Crippen molar-refractivity contribution in [3.05, 3.63) is 66.2 Å². The van der Waals surface area contributed by atoms with Crippen molar-refractivity contribution in [1.29, 1.82) is 0 Å². The van der Waals surface area contributed by atoms with Gasteiger partial charge in [0.25, 0.3) is 5.91 Å². The van der Waals surface area contributed by atoms with Crippen LogP contribution in [0, 0.1) is 0 Å². The number of benzene rings is 2. The Labute approximate surface area is 164 Å². The number of rotatable bonds is 8. The minimum Gasteiger partial charge on any atom is -0.497 e. The molecule has 0 aliphatic heterocycles. The van der Waals surface area contributed by atoms with E-state index in [1.54, 1.807) is 31.4 Å². The van der Waals surface area contributed by atoms with E-state index >= 15 is 0 Å². The molecular weight excluding hydrogens is 354 g/mol. The van der Waals surface area contributed by atoms with Crippen molar-refractivity contribution in [2.75, 3.05) is 13.7 Å². The van der Waals surface area contributed by atoms with Crippen molar-refractivity contribution in [2.45, 2.75) is 19.8 Å². The molecule has 28 heavy (non-hydrogen) atoms. The largest absolute Gasteiger partial charge is 0.497 e. The Morgan fingerprint density at radius 2 is 1.79 bits per heavy atom. The molecule has 0 radical (unpaired) electrons. The summed E-state index contributed by atoms with van der Waals surface area (Å²) in [5.74, 6) is 1.66. The second kappa shape index (κ2) is 9.50. The number of unbranched alkanes of at least 4 members (excludes halogenated alkanes) is 1. The summed E-state index contributed by atoms with van der Waals surface area (Å²) in [4.78, 5) is 12.1. The fraction of sp³-hybridized carbons (Fsp3) is 0.227. The lowest BCUT2D eigenvalue weighted by molar-refractivity contribution is 0.0953. The van der Waals surface area contributed by atoms with Crippen LogP contribution in [0.2, 0.25) is 0 Å². The van der Waals surface area contributed by atoms with Gasteiger partial charge in [0.15, 0.2) is 0 Å². The number of hydrogen-bond acceptors (Lipinski definition) is 5. The molecule has 1 heterocycles. The maximum absolute atomic E-state index is 12.1. The third-order valence-corrected chi connectivity index (χ3v) is 4.16. The lowest BCUT2D eigenvalue weighted by atomic mass is 10.1. The zero-order valence-corrected chi connectivity index (χ0v) is 16.0. The van der Waals surface area contributed by atoms with Crippen LogP contribution in [0.3, 0.4) is 0 Å². The summed E-state index contributed by atoms with van der Waals surface area (Å²) in [6.07, 6.45) is 2.03. The summed E-state index contributed by atoms with van der Waals surface area (Å²) in [6, 6.07) is 18.2. The number of amides is 1. The molecule has 0 aliphatic rings. The van der Waals surface area contributed by atoms with Crippen molar-refractivity contribution >= 4 is 5.91 Å². The molecule has 0 spiro atoms. The monoisotopic (exact) mass is 377 g/mol. The molecule has 0 fully saturated rings. The molecule has 0 atom stereocenters. The summed E-state index contributed by atoms with van der Waals surface area (Å²) >= 11 is 0. The van der Waals surface area contributed by atoms with Gasteiger partial charge in [-0.05, 0) is 36.8 Å². The molecule has 1 aromatic heterocycles. The van der Waals surface area contributed by atoms with Gasteiger partial charge in [-0.3, -0.25) is 4.79 Å². The Balaban J connectivity index is 1.65. The molecule has 0 bridgehead atoms. The van der Waals surface area contributed by atoms with Crippen molar-refractivity contribution in [1.82, 2.24) is 15.5 Å². The van der Waals surface area contributed by atoms with Crippen LogP contribution in [-0.2, 0) is 0 Å². The van der Waals surface area contributed by atoms with Crippen LogP contribution in [0.15, 0.2) is 60.7 Å². The first-order valence-electron chi connectivity index (χ1n) is 9.24. The average molecular weight is 377 g/mol. The predicted octanol–water partition coefficient (Wildman–Crippen LogP) is 4.47. The van der Waals surface area contributed by atoms with Crippen LogP contribution in [0.4, 0.5) is 0 Å². The van der Waals surface area contributed by atoms with Crippen LogP contribution < -0.4 is 14.8 Å². The van der Waals surface area contributed by atoms with Gasteiger partial charge in [-0.15, -0.1) is 10.2 Å². The fourth-order valence-corrected chi connectivity index (χ4v) is 2.59. The zero-order valence-electron chi connectivity index (χ0n) is 16.0. The van der Waals surface area contributed by atoms with Crippen molar-refractivity contribution in [2.24, 2.45) is 0 Å². The first kappa shape index (κ1) is 19.4. The molecule has 144 valence electrons. The van der Waals surface area contributed by atoms with E-state index in [1.165, 1.54) is 0 Å². The van der Waals surface area contributed by atoms with Gasteiger partial charge in [0.05, 0.1) is 12.8 Å². The summed E-state index contributed by atoms with van der Waals surface area (Å²) in [5.41, 5.74) is 2.22. The lowest BCUT2D eigenvalue weighted by Gasteiger charge is -2.07. The molecule has 0 saturated heterocycles. The quantitative estimate of drug-likeness (QED) is 0.586. The van der Waals surface area contributed by atoms with Gasteiger partial charge in [0, 0.05) is 29.8 Å². The van der Waals surface area contributed by atoms with E-state index in [4.69, 9.17) is 9.47 Å². The van der Waals surface area contributed by atoms with Gasteiger partial charge in [0.2, 0.25) is 5.88 Å². The highest BCUT2D eigenvalue weighted by atomic mass is 16.5. The summed E-state index contributed by atoms with van der Waals surface area (Å²) in [5, 5.41) is 11.2. The summed E-state index contributed by atoms with van der Waals surface area (Å²) in [6.45, 7) is 2.78. The zero-order chi connectivity index (χ0) is 19.8. The Morgan fingerprint density at radius 1 is 1.00 bits per heavy atom. The van der Waals surface area contributed by atoms with Crippen LogP contribution in [0.5, 0.6) is 17.4 Å². The fourth-order valence-electron chi connectivity index (χ4n) is 2.59. The number of carbonyl (C=O) groups excluding carboxylic acids is 1. The first-order chi connectivity index (χ1) is 13.7. The molecule has 1 amide bonds. The Morgan fingerprint density at radius 3 is 2.46 bits per heavy atom. The van der Waals surface area contributed by atoms with E-state index < -0.39 is 0 Å². The Hall–Kier alpha value is -3.41. The number of hydrogen-bond donors (Lipinski definition) is 1. The van der Waals surface area contributed by atoms with E-state index in [2.05, 4.69) is 22.4 Å². The molecule has 6 heteroatoms. The molecule has 1 N–H and O–H groups in total. The summed E-state index contributed by atoms with van der Waals surface area (Å²) < 4.78 is 10.9. The average Bonchev–Trinajstić information content (AvgIpc) is 2.75. The summed E-state index contributed by atoms with van der Waals surface area (Å²) in [7, 11) is 1.60. The second-order valence-electron chi connectivity index (χ2n) is 6.22. The maximum atomic E-state index is 12.1. The van der Waals surface area contributed by atoms with E-state index in [0.717, 1.165) is 18.4 Å². The number of ether oxygens (including phenoxy) is 2. The number of carbonyl (C=O) groups is 1. The Kier molecular flexibility index (Phi) is 6.57. The highest BCUT2D eigenvalue weighted by molar-refractivity contribution is 5.94. The molecule has 0 saturated carbocycles. The van der Waals surface area contributed by atoms with E-state index in [9.17, 15) is 4.79 Å². The van der Waals surface area contributed by atoms with Gasteiger partial charge < -0.3 is 14.8 Å². The SMILES string of the molecule is CCCCNC(=O)c1ccc(-c2ccc(Oc3cccc(OC)c3)nn2)cc1. The van der Waals surface area contributed by atoms with Crippen molar-refractivity contribution in [3.63, 3.8) is 0 Å². The molecular formula is C22H23N3O3. The number of methoxy groups -OCH3 is 1. The van der Waals surface area contributed by atoms with Crippen molar-refractivity contribution < 1.29 is 14.3 Å².